The standard InChI is InChI=1S/C13H9BrFN3/c1-7-4-11-13(16-6-7)18-12(17-11)9-3-2-8(15)5-10(9)14/h2-6H,1H3,(H,16,17,18). The van der Waals surface area contributed by atoms with Crippen molar-refractivity contribution in [2.45, 2.75) is 6.92 Å². The van der Waals surface area contributed by atoms with Crippen molar-refractivity contribution < 1.29 is 4.39 Å². The molecule has 0 saturated carbocycles. The second-order valence-electron chi connectivity index (χ2n) is 4.09. The summed E-state index contributed by atoms with van der Waals surface area (Å²) in [4.78, 5) is 11.8. The number of rotatable bonds is 1. The van der Waals surface area contributed by atoms with Gasteiger partial charge in [-0.25, -0.2) is 14.4 Å². The first kappa shape index (κ1) is 11.3. The van der Waals surface area contributed by atoms with Gasteiger partial charge in [0.05, 0.1) is 5.52 Å². The number of hydrogen-bond donors (Lipinski definition) is 1. The van der Waals surface area contributed by atoms with Crippen LogP contribution in [0.5, 0.6) is 0 Å². The van der Waals surface area contributed by atoms with Gasteiger partial charge in [-0.3, -0.25) is 0 Å². The lowest BCUT2D eigenvalue weighted by molar-refractivity contribution is 0.627. The average Bonchev–Trinajstić information content (AvgIpc) is 2.71. The van der Waals surface area contributed by atoms with E-state index in [2.05, 4.69) is 30.9 Å². The van der Waals surface area contributed by atoms with Crippen LogP contribution in [0.3, 0.4) is 0 Å². The van der Waals surface area contributed by atoms with Crippen LogP contribution in [0.2, 0.25) is 0 Å². The Morgan fingerprint density at radius 3 is 2.89 bits per heavy atom. The van der Waals surface area contributed by atoms with E-state index in [9.17, 15) is 4.39 Å². The van der Waals surface area contributed by atoms with Crippen molar-refractivity contribution in [1.82, 2.24) is 15.0 Å². The van der Waals surface area contributed by atoms with Gasteiger partial charge in [-0.05, 0) is 52.7 Å². The van der Waals surface area contributed by atoms with Crippen LogP contribution in [0.25, 0.3) is 22.6 Å². The van der Waals surface area contributed by atoms with E-state index in [4.69, 9.17) is 0 Å². The zero-order valence-corrected chi connectivity index (χ0v) is 11.1. The third kappa shape index (κ3) is 1.90. The Balaban J connectivity index is 2.19. The number of aryl methyl sites for hydroxylation is 1. The minimum absolute atomic E-state index is 0.282. The SMILES string of the molecule is Cc1cnc2nc(-c3ccc(F)cc3Br)[nH]c2c1. The lowest BCUT2D eigenvalue weighted by atomic mass is 10.2. The van der Waals surface area contributed by atoms with E-state index in [0.29, 0.717) is 15.9 Å². The molecule has 2 aromatic heterocycles. The number of benzene rings is 1. The van der Waals surface area contributed by atoms with Crippen LogP contribution in [-0.2, 0) is 0 Å². The molecule has 1 aromatic carbocycles. The zero-order valence-electron chi connectivity index (χ0n) is 9.54. The quantitative estimate of drug-likeness (QED) is 0.742. The van der Waals surface area contributed by atoms with E-state index < -0.39 is 0 Å². The maximum Gasteiger partial charge on any atom is 0.178 e. The van der Waals surface area contributed by atoms with Crippen LogP contribution in [0, 0.1) is 12.7 Å². The summed E-state index contributed by atoms with van der Waals surface area (Å²) in [7, 11) is 0. The Morgan fingerprint density at radius 2 is 2.11 bits per heavy atom. The maximum atomic E-state index is 13.0. The first-order chi connectivity index (χ1) is 8.63. The van der Waals surface area contributed by atoms with E-state index in [1.54, 1.807) is 12.3 Å². The van der Waals surface area contributed by atoms with Gasteiger partial charge < -0.3 is 4.98 Å². The number of fused-ring (bicyclic) bond motifs is 1. The fourth-order valence-electron chi connectivity index (χ4n) is 1.81. The first-order valence-corrected chi connectivity index (χ1v) is 6.20. The molecule has 3 aromatic rings. The van der Waals surface area contributed by atoms with Gasteiger partial charge >= 0.3 is 0 Å². The number of aromatic amines is 1. The fourth-order valence-corrected chi connectivity index (χ4v) is 2.35. The molecule has 0 radical (unpaired) electrons. The molecule has 0 aliphatic carbocycles. The molecule has 3 rings (SSSR count). The molecule has 0 amide bonds. The van der Waals surface area contributed by atoms with Gasteiger partial charge in [0.25, 0.3) is 0 Å². The molecule has 5 heteroatoms. The van der Waals surface area contributed by atoms with E-state index in [0.717, 1.165) is 16.6 Å². The maximum absolute atomic E-state index is 13.0. The fraction of sp³-hybridized carbons (Fsp3) is 0.0769. The molecule has 0 fully saturated rings. The predicted octanol–water partition coefficient (Wildman–Crippen LogP) is 3.83. The van der Waals surface area contributed by atoms with Crippen molar-refractivity contribution >= 4 is 27.1 Å². The number of imidazole rings is 1. The van der Waals surface area contributed by atoms with Crippen molar-refractivity contribution in [3.8, 4) is 11.4 Å². The Labute approximate surface area is 111 Å². The summed E-state index contributed by atoms with van der Waals surface area (Å²) in [6.07, 6.45) is 1.77. The molecule has 3 nitrogen and oxygen atoms in total. The molecular formula is C13H9BrFN3. The number of halogens is 2. The third-order valence-electron chi connectivity index (χ3n) is 2.66. The molecule has 2 heterocycles. The second-order valence-corrected chi connectivity index (χ2v) is 4.95. The van der Waals surface area contributed by atoms with Gasteiger partial charge in [0.2, 0.25) is 0 Å². The summed E-state index contributed by atoms with van der Waals surface area (Å²) in [5.41, 5.74) is 3.41. The van der Waals surface area contributed by atoms with Crippen molar-refractivity contribution in [1.29, 1.82) is 0 Å². The highest BCUT2D eigenvalue weighted by molar-refractivity contribution is 9.10. The van der Waals surface area contributed by atoms with Crippen LogP contribution in [0.1, 0.15) is 5.56 Å². The van der Waals surface area contributed by atoms with Crippen molar-refractivity contribution in [3.05, 3.63) is 46.3 Å². The molecule has 0 aliphatic heterocycles. The molecule has 0 saturated heterocycles. The number of H-pyrrole nitrogens is 1. The van der Waals surface area contributed by atoms with E-state index in [-0.39, 0.29) is 5.82 Å². The topological polar surface area (TPSA) is 41.6 Å². The van der Waals surface area contributed by atoms with E-state index >= 15 is 0 Å². The monoisotopic (exact) mass is 305 g/mol. The largest absolute Gasteiger partial charge is 0.337 e. The van der Waals surface area contributed by atoms with Crippen LogP contribution in [-0.4, -0.2) is 15.0 Å². The molecule has 0 atom stereocenters. The third-order valence-corrected chi connectivity index (χ3v) is 3.32. The summed E-state index contributed by atoms with van der Waals surface area (Å²) in [6.45, 7) is 1.97. The van der Waals surface area contributed by atoms with Crippen LogP contribution in [0.15, 0.2) is 34.9 Å². The molecule has 0 bridgehead atoms. The molecule has 1 N–H and O–H groups in total. The van der Waals surface area contributed by atoms with Gasteiger partial charge in [-0.15, -0.1) is 0 Å². The summed E-state index contributed by atoms with van der Waals surface area (Å²) >= 11 is 3.34. The van der Waals surface area contributed by atoms with E-state index in [1.807, 2.05) is 13.0 Å². The van der Waals surface area contributed by atoms with Gasteiger partial charge in [0.1, 0.15) is 11.6 Å². The lowest BCUT2D eigenvalue weighted by Gasteiger charge is -1.99. The highest BCUT2D eigenvalue weighted by Gasteiger charge is 2.10. The molecule has 90 valence electrons. The number of hydrogen-bond acceptors (Lipinski definition) is 2. The lowest BCUT2D eigenvalue weighted by Crippen LogP contribution is -1.84. The van der Waals surface area contributed by atoms with Gasteiger partial charge in [-0.1, -0.05) is 0 Å². The second kappa shape index (κ2) is 4.17. The molecule has 0 aliphatic rings. The van der Waals surface area contributed by atoms with Crippen LogP contribution in [0.4, 0.5) is 4.39 Å². The smallest absolute Gasteiger partial charge is 0.178 e. The minimum Gasteiger partial charge on any atom is -0.337 e. The molecule has 0 spiro atoms. The van der Waals surface area contributed by atoms with E-state index in [1.165, 1.54) is 12.1 Å². The number of aromatic nitrogens is 3. The van der Waals surface area contributed by atoms with Gasteiger partial charge in [-0.2, -0.15) is 0 Å². The van der Waals surface area contributed by atoms with Gasteiger partial charge in [0, 0.05) is 16.2 Å². The average molecular weight is 306 g/mol. The van der Waals surface area contributed by atoms with Gasteiger partial charge in [0.15, 0.2) is 5.65 Å². The summed E-state index contributed by atoms with van der Waals surface area (Å²) in [5, 5.41) is 0. The van der Waals surface area contributed by atoms with Crippen molar-refractivity contribution in [2.75, 3.05) is 0 Å². The number of nitrogens with one attached hydrogen (secondary N) is 1. The zero-order chi connectivity index (χ0) is 12.7. The molecule has 0 unspecified atom stereocenters. The molecule has 18 heavy (non-hydrogen) atoms. The minimum atomic E-state index is -0.282. The highest BCUT2D eigenvalue weighted by atomic mass is 79.9. The van der Waals surface area contributed by atoms with Crippen LogP contribution < -0.4 is 0 Å². The summed E-state index contributed by atoms with van der Waals surface area (Å²) in [5.74, 6) is 0.394. The summed E-state index contributed by atoms with van der Waals surface area (Å²) < 4.78 is 13.7. The number of pyridine rings is 1. The van der Waals surface area contributed by atoms with Crippen molar-refractivity contribution in [3.63, 3.8) is 0 Å². The van der Waals surface area contributed by atoms with Crippen molar-refractivity contribution in [2.24, 2.45) is 0 Å². The first-order valence-electron chi connectivity index (χ1n) is 5.41. The normalized spacial score (nSPS) is 11.1. The Morgan fingerprint density at radius 1 is 1.28 bits per heavy atom. The summed E-state index contributed by atoms with van der Waals surface area (Å²) in [6, 6.07) is 6.49. The Kier molecular flexibility index (Phi) is 2.63. The Bertz CT molecular complexity index is 736. The highest BCUT2D eigenvalue weighted by Crippen LogP contribution is 2.28. The predicted molar refractivity (Wildman–Crippen MR) is 71.7 cm³/mol. The number of nitrogens with zero attached hydrogens (tertiary/aromatic N) is 2. The molecular weight excluding hydrogens is 297 g/mol. The van der Waals surface area contributed by atoms with Crippen LogP contribution >= 0.6 is 15.9 Å². The Hall–Kier alpha value is -1.75.